The standard InChI is InChI=1S/C20H23N3O2/c1-20(19(21)25)8-11-23(12-9-20)18(24)16-7-10-22-17(14-16)13-15-5-3-2-4-6-15/h2-7,10,14H,8-9,11-13H2,1H3,(H2,21,25). The molecule has 25 heavy (non-hydrogen) atoms. The van der Waals surface area contributed by atoms with Gasteiger partial charge in [0.05, 0.1) is 0 Å². The first-order chi connectivity index (χ1) is 12.0. The first-order valence-electron chi connectivity index (χ1n) is 8.56. The van der Waals surface area contributed by atoms with E-state index >= 15 is 0 Å². The van der Waals surface area contributed by atoms with Crippen LogP contribution in [0.25, 0.3) is 0 Å². The van der Waals surface area contributed by atoms with Crippen molar-refractivity contribution in [1.29, 1.82) is 0 Å². The van der Waals surface area contributed by atoms with Crippen molar-refractivity contribution in [2.24, 2.45) is 11.1 Å². The number of pyridine rings is 1. The zero-order valence-electron chi connectivity index (χ0n) is 14.4. The van der Waals surface area contributed by atoms with Crippen LogP contribution in [-0.4, -0.2) is 34.8 Å². The van der Waals surface area contributed by atoms with E-state index in [1.165, 1.54) is 0 Å². The van der Waals surface area contributed by atoms with E-state index in [1.54, 1.807) is 17.2 Å². The predicted octanol–water partition coefficient (Wildman–Crippen LogP) is 2.40. The van der Waals surface area contributed by atoms with Crippen molar-refractivity contribution in [3.05, 3.63) is 65.5 Å². The van der Waals surface area contributed by atoms with Gasteiger partial charge in [-0.2, -0.15) is 0 Å². The van der Waals surface area contributed by atoms with Crippen LogP contribution in [0, 0.1) is 5.41 Å². The number of hydrogen-bond donors (Lipinski definition) is 1. The van der Waals surface area contributed by atoms with E-state index < -0.39 is 5.41 Å². The first kappa shape index (κ1) is 17.1. The number of carbonyl (C=O) groups excluding carboxylic acids is 2. The molecule has 1 saturated heterocycles. The lowest BCUT2D eigenvalue weighted by molar-refractivity contribution is -0.129. The van der Waals surface area contributed by atoms with Gasteiger partial charge in [-0.15, -0.1) is 0 Å². The molecule has 0 radical (unpaired) electrons. The Morgan fingerprint density at radius 1 is 1.16 bits per heavy atom. The molecule has 2 heterocycles. The highest BCUT2D eigenvalue weighted by atomic mass is 16.2. The maximum absolute atomic E-state index is 12.8. The number of nitrogens with two attached hydrogens (primary N) is 1. The summed E-state index contributed by atoms with van der Waals surface area (Å²) >= 11 is 0. The number of amides is 2. The predicted molar refractivity (Wildman–Crippen MR) is 95.9 cm³/mol. The zero-order chi connectivity index (χ0) is 17.9. The summed E-state index contributed by atoms with van der Waals surface area (Å²) in [6.07, 6.45) is 3.59. The maximum Gasteiger partial charge on any atom is 0.253 e. The number of aromatic nitrogens is 1. The van der Waals surface area contributed by atoms with Gasteiger partial charge in [0.2, 0.25) is 5.91 Å². The molecule has 1 aromatic carbocycles. The van der Waals surface area contributed by atoms with Crippen LogP contribution in [-0.2, 0) is 11.2 Å². The minimum absolute atomic E-state index is 0.0109. The molecule has 1 aliphatic rings. The third-order valence-corrected chi connectivity index (χ3v) is 5.04. The number of piperidine rings is 1. The molecule has 0 bridgehead atoms. The van der Waals surface area contributed by atoms with Crippen molar-refractivity contribution in [3.63, 3.8) is 0 Å². The van der Waals surface area contributed by atoms with E-state index in [0.717, 1.165) is 11.3 Å². The Hall–Kier alpha value is -2.69. The van der Waals surface area contributed by atoms with Gasteiger partial charge in [0.1, 0.15) is 0 Å². The van der Waals surface area contributed by atoms with Crippen LogP contribution in [0.1, 0.15) is 41.4 Å². The third-order valence-electron chi connectivity index (χ3n) is 5.04. The minimum Gasteiger partial charge on any atom is -0.369 e. The third kappa shape index (κ3) is 3.87. The summed E-state index contributed by atoms with van der Waals surface area (Å²) < 4.78 is 0. The second-order valence-corrected chi connectivity index (χ2v) is 6.92. The zero-order valence-corrected chi connectivity index (χ0v) is 14.4. The van der Waals surface area contributed by atoms with Crippen molar-refractivity contribution in [1.82, 2.24) is 9.88 Å². The lowest BCUT2D eigenvalue weighted by Crippen LogP contribution is -2.47. The number of primary amides is 1. The maximum atomic E-state index is 12.8. The largest absolute Gasteiger partial charge is 0.369 e. The summed E-state index contributed by atoms with van der Waals surface area (Å²) in [7, 11) is 0. The average molecular weight is 337 g/mol. The lowest BCUT2D eigenvalue weighted by Gasteiger charge is -2.37. The van der Waals surface area contributed by atoms with Crippen molar-refractivity contribution < 1.29 is 9.59 Å². The Morgan fingerprint density at radius 3 is 2.48 bits per heavy atom. The van der Waals surface area contributed by atoms with Crippen LogP contribution >= 0.6 is 0 Å². The summed E-state index contributed by atoms with van der Waals surface area (Å²) in [6, 6.07) is 13.7. The van der Waals surface area contributed by atoms with E-state index in [2.05, 4.69) is 4.98 Å². The Morgan fingerprint density at radius 2 is 1.84 bits per heavy atom. The SMILES string of the molecule is CC1(C(N)=O)CCN(C(=O)c2ccnc(Cc3ccccc3)c2)CC1. The summed E-state index contributed by atoms with van der Waals surface area (Å²) in [5.74, 6) is -0.295. The quantitative estimate of drug-likeness (QED) is 0.931. The van der Waals surface area contributed by atoms with Crippen molar-refractivity contribution in [2.75, 3.05) is 13.1 Å². The first-order valence-corrected chi connectivity index (χ1v) is 8.56. The Balaban J connectivity index is 1.69. The molecule has 2 amide bonds. The summed E-state index contributed by atoms with van der Waals surface area (Å²) in [6.45, 7) is 2.98. The van der Waals surface area contributed by atoms with E-state index in [0.29, 0.717) is 37.9 Å². The van der Waals surface area contributed by atoms with Gasteiger partial charge in [-0.25, -0.2) is 0 Å². The second-order valence-electron chi connectivity index (χ2n) is 6.92. The van der Waals surface area contributed by atoms with Gasteiger partial charge in [0.15, 0.2) is 0 Å². The number of benzene rings is 1. The summed E-state index contributed by atoms with van der Waals surface area (Å²) in [4.78, 5) is 30.5. The fourth-order valence-electron chi connectivity index (χ4n) is 3.15. The average Bonchev–Trinajstić information content (AvgIpc) is 2.63. The van der Waals surface area contributed by atoms with Crippen molar-refractivity contribution in [3.8, 4) is 0 Å². The molecule has 3 rings (SSSR count). The topological polar surface area (TPSA) is 76.3 Å². The molecule has 1 aromatic heterocycles. The molecule has 1 aliphatic heterocycles. The van der Waals surface area contributed by atoms with Crippen LogP contribution in [0.2, 0.25) is 0 Å². The molecule has 0 atom stereocenters. The molecular formula is C20H23N3O2. The molecular weight excluding hydrogens is 314 g/mol. The summed E-state index contributed by atoms with van der Waals surface area (Å²) in [5, 5.41) is 0. The van der Waals surface area contributed by atoms with Crippen LogP contribution in [0.15, 0.2) is 48.7 Å². The molecule has 0 saturated carbocycles. The lowest BCUT2D eigenvalue weighted by atomic mass is 9.79. The highest BCUT2D eigenvalue weighted by Gasteiger charge is 2.36. The van der Waals surface area contributed by atoms with Gasteiger partial charge in [-0.05, 0) is 30.5 Å². The number of hydrogen-bond acceptors (Lipinski definition) is 3. The monoisotopic (exact) mass is 337 g/mol. The van der Waals surface area contributed by atoms with Crippen LogP contribution < -0.4 is 5.73 Å². The minimum atomic E-state index is -0.506. The molecule has 0 aliphatic carbocycles. The van der Waals surface area contributed by atoms with Gasteiger partial charge in [-0.3, -0.25) is 14.6 Å². The normalized spacial score (nSPS) is 16.4. The van der Waals surface area contributed by atoms with Gasteiger partial charge < -0.3 is 10.6 Å². The fraction of sp³-hybridized carbons (Fsp3) is 0.350. The Kier molecular flexibility index (Phi) is 4.83. The van der Waals surface area contributed by atoms with E-state index in [9.17, 15) is 9.59 Å². The second kappa shape index (κ2) is 7.05. The van der Waals surface area contributed by atoms with Crippen molar-refractivity contribution >= 4 is 11.8 Å². The number of rotatable bonds is 4. The molecule has 0 unspecified atom stereocenters. The van der Waals surface area contributed by atoms with E-state index in [4.69, 9.17) is 5.73 Å². The number of nitrogens with zero attached hydrogens (tertiary/aromatic N) is 2. The fourth-order valence-corrected chi connectivity index (χ4v) is 3.15. The van der Waals surface area contributed by atoms with Gasteiger partial charge in [0.25, 0.3) is 5.91 Å². The smallest absolute Gasteiger partial charge is 0.253 e. The van der Waals surface area contributed by atoms with Crippen LogP contribution in [0.3, 0.4) is 0 Å². The number of carbonyl (C=O) groups is 2. The van der Waals surface area contributed by atoms with Gasteiger partial charge >= 0.3 is 0 Å². The summed E-state index contributed by atoms with van der Waals surface area (Å²) in [5.41, 5.74) is 7.65. The molecule has 130 valence electrons. The van der Waals surface area contributed by atoms with Crippen LogP contribution in [0.5, 0.6) is 0 Å². The van der Waals surface area contributed by atoms with Gasteiger partial charge in [0, 0.05) is 42.4 Å². The number of likely N-dealkylation sites (tertiary alicyclic amines) is 1. The van der Waals surface area contributed by atoms with E-state index in [1.807, 2.05) is 43.3 Å². The Labute approximate surface area is 147 Å². The molecule has 2 aromatic rings. The van der Waals surface area contributed by atoms with Gasteiger partial charge in [-0.1, -0.05) is 37.3 Å². The highest BCUT2D eigenvalue weighted by molar-refractivity contribution is 5.94. The van der Waals surface area contributed by atoms with Crippen LogP contribution in [0.4, 0.5) is 0 Å². The molecule has 1 fully saturated rings. The molecule has 2 N–H and O–H groups in total. The Bertz CT molecular complexity index is 766. The molecule has 0 spiro atoms. The molecule has 5 heteroatoms. The van der Waals surface area contributed by atoms with Crippen molar-refractivity contribution in [2.45, 2.75) is 26.2 Å². The molecule has 5 nitrogen and oxygen atoms in total. The highest BCUT2D eigenvalue weighted by Crippen LogP contribution is 2.31. The van der Waals surface area contributed by atoms with E-state index in [-0.39, 0.29) is 11.8 Å².